The van der Waals surface area contributed by atoms with E-state index in [-0.39, 0.29) is 11.5 Å². The first-order valence-corrected chi connectivity index (χ1v) is 8.98. The Labute approximate surface area is 150 Å². The first kappa shape index (κ1) is 16.0. The SMILES string of the molecule is C#CCN1CC[C@]23C=C[C@@H](O)C[C@H]2Oc2c(OC)cc(Br)c(c23)C1. The lowest BCUT2D eigenvalue weighted by molar-refractivity contribution is 0.0816. The van der Waals surface area contributed by atoms with E-state index in [2.05, 4.69) is 32.8 Å². The van der Waals surface area contributed by atoms with Crippen molar-refractivity contribution >= 4 is 15.9 Å². The molecule has 0 unspecified atom stereocenters. The van der Waals surface area contributed by atoms with Crippen molar-refractivity contribution in [3.05, 3.63) is 33.8 Å². The van der Waals surface area contributed by atoms with E-state index in [1.165, 1.54) is 11.1 Å². The third kappa shape index (κ3) is 2.21. The lowest BCUT2D eigenvalue weighted by Gasteiger charge is -2.35. The Hall–Kier alpha value is -1.48. The predicted molar refractivity (Wildman–Crippen MR) is 95.3 cm³/mol. The van der Waals surface area contributed by atoms with Crippen LogP contribution in [0.5, 0.6) is 11.5 Å². The number of hydrogen-bond acceptors (Lipinski definition) is 4. The van der Waals surface area contributed by atoms with Crippen LogP contribution in [-0.2, 0) is 12.0 Å². The van der Waals surface area contributed by atoms with Crippen molar-refractivity contribution in [3.8, 4) is 23.8 Å². The number of aliphatic hydroxyl groups is 1. The molecule has 0 aromatic heterocycles. The van der Waals surface area contributed by atoms with Crippen molar-refractivity contribution in [3.63, 3.8) is 0 Å². The van der Waals surface area contributed by atoms with Gasteiger partial charge in [-0.15, -0.1) is 6.42 Å². The standard InChI is InChI=1S/C19H20BrNO3/c1-3-7-21-8-6-19-5-4-12(22)9-16(19)24-18-15(23-2)10-14(20)13(11-21)17(18)19/h1,4-5,10,12,16,22H,6-9,11H2,2H3/t12-,16-,19-/m1/s1. The molecule has 4 nitrogen and oxygen atoms in total. The second-order valence-corrected chi connectivity index (χ2v) is 7.57. The van der Waals surface area contributed by atoms with Gasteiger partial charge in [0.25, 0.3) is 0 Å². The van der Waals surface area contributed by atoms with Gasteiger partial charge in [0, 0.05) is 29.5 Å². The smallest absolute Gasteiger partial charge is 0.166 e. The molecule has 3 aliphatic rings. The molecule has 1 aliphatic carbocycles. The van der Waals surface area contributed by atoms with Gasteiger partial charge in [-0.3, -0.25) is 4.90 Å². The first-order chi connectivity index (χ1) is 11.6. The van der Waals surface area contributed by atoms with Gasteiger partial charge in [0.1, 0.15) is 6.10 Å². The summed E-state index contributed by atoms with van der Waals surface area (Å²) in [6.07, 6.45) is 10.6. The van der Waals surface area contributed by atoms with Gasteiger partial charge in [-0.25, -0.2) is 0 Å². The van der Waals surface area contributed by atoms with Crippen LogP contribution < -0.4 is 9.47 Å². The Morgan fingerprint density at radius 1 is 1.58 bits per heavy atom. The number of hydrogen-bond donors (Lipinski definition) is 1. The van der Waals surface area contributed by atoms with Gasteiger partial charge in [0.15, 0.2) is 11.5 Å². The quantitative estimate of drug-likeness (QED) is 0.623. The monoisotopic (exact) mass is 389 g/mol. The Kier molecular flexibility index (Phi) is 3.87. The van der Waals surface area contributed by atoms with Gasteiger partial charge >= 0.3 is 0 Å². The fourth-order valence-corrected chi connectivity index (χ4v) is 4.81. The highest BCUT2D eigenvalue weighted by molar-refractivity contribution is 9.10. The van der Waals surface area contributed by atoms with E-state index >= 15 is 0 Å². The molecule has 0 fully saturated rings. The van der Waals surface area contributed by atoms with Crippen LogP contribution in [0.25, 0.3) is 0 Å². The summed E-state index contributed by atoms with van der Waals surface area (Å²) >= 11 is 3.71. The molecule has 0 saturated heterocycles. The largest absolute Gasteiger partial charge is 0.493 e. The highest BCUT2D eigenvalue weighted by Gasteiger charge is 2.53. The minimum absolute atomic E-state index is 0.0692. The molecule has 1 N–H and O–H groups in total. The van der Waals surface area contributed by atoms with E-state index in [0.29, 0.717) is 13.0 Å². The van der Waals surface area contributed by atoms with E-state index in [1.807, 2.05) is 12.1 Å². The van der Waals surface area contributed by atoms with Crippen molar-refractivity contribution in [2.75, 3.05) is 20.2 Å². The Morgan fingerprint density at radius 2 is 2.42 bits per heavy atom. The minimum Gasteiger partial charge on any atom is -0.493 e. The topological polar surface area (TPSA) is 41.9 Å². The van der Waals surface area contributed by atoms with Crippen molar-refractivity contribution in [1.82, 2.24) is 4.90 Å². The normalized spacial score (nSPS) is 30.8. The van der Waals surface area contributed by atoms with Gasteiger partial charge < -0.3 is 14.6 Å². The third-order valence-corrected chi connectivity index (χ3v) is 6.14. The lowest BCUT2D eigenvalue weighted by Crippen LogP contribution is -2.43. The van der Waals surface area contributed by atoms with Crippen molar-refractivity contribution in [1.29, 1.82) is 0 Å². The number of rotatable bonds is 2. The number of halogens is 1. The maximum absolute atomic E-state index is 10.1. The molecule has 2 heterocycles. The van der Waals surface area contributed by atoms with Crippen LogP contribution in [0.2, 0.25) is 0 Å². The second-order valence-electron chi connectivity index (χ2n) is 6.72. The molecule has 4 rings (SSSR count). The van der Waals surface area contributed by atoms with Crippen LogP contribution in [0.1, 0.15) is 24.0 Å². The van der Waals surface area contributed by atoms with Gasteiger partial charge in [-0.05, 0) is 18.1 Å². The van der Waals surface area contributed by atoms with Gasteiger partial charge in [-0.1, -0.05) is 34.0 Å². The van der Waals surface area contributed by atoms with Gasteiger partial charge in [0.05, 0.1) is 25.2 Å². The van der Waals surface area contributed by atoms with Crippen LogP contribution in [0.4, 0.5) is 0 Å². The Balaban J connectivity index is 1.94. The summed E-state index contributed by atoms with van der Waals surface area (Å²) in [6.45, 7) is 2.31. The zero-order valence-corrected chi connectivity index (χ0v) is 15.2. The van der Waals surface area contributed by atoms with E-state index in [0.717, 1.165) is 35.5 Å². The molecule has 2 aliphatic heterocycles. The number of benzene rings is 1. The molecule has 3 atom stereocenters. The van der Waals surface area contributed by atoms with Gasteiger partial charge in [0.2, 0.25) is 0 Å². The summed E-state index contributed by atoms with van der Waals surface area (Å²) in [5, 5.41) is 10.1. The molecule has 24 heavy (non-hydrogen) atoms. The van der Waals surface area contributed by atoms with Crippen LogP contribution >= 0.6 is 15.9 Å². The van der Waals surface area contributed by atoms with Crippen molar-refractivity contribution < 1.29 is 14.6 Å². The molecule has 126 valence electrons. The highest BCUT2D eigenvalue weighted by atomic mass is 79.9. The fraction of sp³-hybridized carbons (Fsp3) is 0.474. The molecule has 1 aromatic rings. The summed E-state index contributed by atoms with van der Waals surface area (Å²) in [5.74, 6) is 4.32. The van der Waals surface area contributed by atoms with E-state index in [9.17, 15) is 5.11 Å². The number of methoxy groups -OCH3 is 1. The maximum Gasteiger partial charge on any atom is 0.166 e. The Bertz CT molecular complexity index is 754. The minimum atomic E-state index is -0.460. The Morgan fingerprint density at radius 3 is 3.17 bits per heavy atom. The zero-order valence-electron chi connectivity index (χ0n) is 13.6. The summed E-state index contributed by atoms with van der Waals surface area (Å²) in [4.78, 5) is 2.29. The fourth-order valence-electron chi connectivity index (χ4n) is 4.28. The van der Waals surface area contributed by atoms with Crippen molar-refractivity contribution in [2.45, 2.75) is 37.0 Å². The summed E-state index contributed by atoms with van der Waals surface area (Å²) < 4.78 is 12.9. The van der Waals surface area contributed by atoms with Crippen LogP contribution in [-0.4, -0.2) is 42.4 Å². The average molecular weight is 390 g/mol. The van der Waals surface area contributed by atoms with E-state index in [4.69, 9.17) is 15.9 Å². The molecular weight excluding hydrogens is 370 g/mol. The molecule has 0 radical (unpaired) electrons. The number of nitrogens with zero attached hydrogens (tertiary/aromatic N) is 1. The third-order valence-electron chi connectivity index (χ3n) is 5.43. The van der Waals surface area contributed by atoms with Crippen LogP contribution in [0.3, 0.4) is 0 Å². The molecule has 1 spiro atoms. The summed E-state index contributed by atoms with van der Waals surface area (Å²) in [7, 11) is 1.66. The maximum atomic E-state index is 10.1. The van der Waals surface area contributed by atoms with Crippen molar-refractivity contribution in [2.24, 2.45) is 0 Å². The average Bonchev–Trinajstić information content (AvgIpc) is 2.79. The highest BCUT2D eigenvalue weighted by Crippen LogP contribution is 2.57. The molecule has 5 heteroatoms. The molecule has 0 bridgehead atoms. The number of terminal acetylenes is 1. The second kappa shape index (κ2) is 5.80. The number of aliphatic hydroxyl groups excluding tert-OH is 1. The lowest BCUT2D eigenvalue weighted by atomic mass is 9.69. The van der Waals surface area contributed by atoms with Crippen LogP contribution in [0, 0.1) is 12.3 Å². The molecule has 0 amide bonds. The number of ether oxygens (including phenoxy) is 2. The molecular formula is C19H20BrNO3. The van der Waals surface area contributed by atoms with E-state index in [1.54, 1.807) is 7.11 Å². The predicted octanol–water partition coefficient (Wildman–Crippen LogP) is 2.62. The zero-order chi connectivity index (χ0) is 16.9. The summed E-state index contributed by atoms with van der Waals surface area (Å²) in [5.41, 5.74) is 2.19. The van der Waals surface area contributed by atoms with Gasteiger partial charge in [-0.2, -0.15) is 0 Å². The van der Waals surface area contributed by atoms with Crippen LogP contribution in [0.15, 0.2) is 22.7 Å². The summed E-state index contributed by atoms with van der Waals surface area (Å²) in [6, 6.07) is 1.97. The first-order valence-electron chi connectivity index (χ1n) is 8.19. The molecule has 1 aromatic carbocycles. The van der Waals surface area contributed by atoms with E-state index < -0.39 is 6.10 Å². The molecule has 0 saturated carbocycles.